The van der Waals surface area contributed by atoms with E-state index in [0.717, 1.165) is 12.8 Å². The molecule has 0 amide bonds. The number of carboxylic acids is 2. The van der Waals surface area contributed by atoms with Gasteiger partial charge in [0.2, 0.25) is 5.43 Å². The minimum atomic E-state index is -1.36. The normalized spacial score (nSPS) is 13.9. The fourth-order valence-electron chi connectivity index (χ4n) is 2.77. The smallest absolute Gasteiger partial charge is 0.341 e. The molecule has 24 heavy (non-hydrogen) atoms. The van der Waals surface area contributed by atoms with E-state index in [9.17, 15) is 23.9 Å². The molecule has 1 aromatic carbocycles. The highest BCUT2D eigenvalue weighted by Gasteiger charge is 2.28. The van der Waals surface area contributed by atoms with Gasteiger partial charge in [0.25, 0.3) is 0 Å². The molecule has 0 unspecified atom stereocenters. The summed E-state index contributed by atoms with van der Waals surface area (Å²) in [5.74, 6) is -3.26. The van der Waals surface area contributed by atoms with Gasteiger partial charge in [0, 0.05) is 17.8 Å². The number of halogens is 1. The number of pyridine rings is 1. The SMILES string of the molecule is Cc1c(F)c(NCC(=O)O)cc2c1c(=O)c(C(=O)O)cn2C1CC1. The lowest BCUT2D eigenvalue weighted by molar-refractivity contribution is -0.134. The number of anilines is 1. The summed E-state index contributed by atoms with van der Waals surface area (Å²) in [6.07, 6.45) is 2.96. The molecule has 1 aliphatic carbocycles. The molecule has 1 aliphatic rings. The fourth-order valence-corrected chi connectivity index (χ4v) is 2.77. The number of hydrogen-bond acceptors (Lipinski definition) is 4. The fraction of sp³-hybridized carbons (Fsp3) is 0.312. The standard InChI is InChI=1S/C16H15FN2O5/c1-7-13-11(4-10(14(7)17)18-5-12(20)21)19(8-2-3-8)6-9(15(13)22)16(23)24/h4,6,8,18H,2-3,5H2,1H3,(H,20,21)(H,23,24). The zero-order valence-electron chi connectivity index (χ0n) is 12.8. The number of aliphatic carboxylic acids is 1. The lowest BCUT2D eigenvalue weighted by Crippen LogP contribution is -2.21. The van der Waals surface area contributed by atoms with Crippen molar-refractivity contribution >= 4 is 28.5 Å². The molecule has 1 saturated carbocycles. The van der Waals surface area contributed by atoms with Crippen molar-refractivity contribution in [3.63, 3.8) is 0 Å². The van der Waals surface area contributed by atoms with Crippen molar-refractivity contribution in [2.24, 2.45) is 0 Å². The average Bonchev–Trinajstić information content (AvgIpc) is 3.33. The van der Waals surface area contributed by atoms with E-state index in [1.807, 2.05) is 0 Å². The molecular weight excluding hydrogens is 319 g/mol. The molecule has 2 aromatic rings. The molecule has 0 aliphatic heterocycles. The van der Waals surface area contributed by atoms with Crippen molar-refractivity contribution in [3.05, 3.63) is 39.4 Å². The molecule has 8 heteroatoms. The summed E-state index contributed by atoms with van der Waals surface area (Å²) < 4.78 is 16.2. The number of aryl methyl sites for hydroxylation is 1. The number of aromatic nitrogens is 1. The summed E-state index contributed by atoms with van der Waals surface area (Å²) in [7, 11) is 0. The Bertz CT molecular complexity index is 930. The quantitative estimate of drug-likeness (QED) is 0.771. The predicted molar refractivity (Wildman–Crippen MR) is 84.3 cm³/mol. The second-order valence-electron chi connectivity index (χ2n) is 5.82. The Morgan fingerprint density at radius 1 is 1.38 bits per heavy atom. The Hall–Kier alpha value is -2.90. The monoisotopic (exact) mass is 334 g/mol. The molecule has 3 N–H and O–H groups in total. The van der Waals surface area contributed by atoms with Crippen LogP contribution in [0.25, 0.3) is 10.9 Å². The largest absolute Gasteiger partial charge is 0.480 e. The number of aromatic carboxylic acids is 1. The topological polar surface area (TPSA) is 109 Å². The highest BCUT2D eigenvalue weighted by atomic mass is 19.1. The van der Waals surface area contributed by atoms with Crippen LogP contribution in [0.3, 0.4) is 0 Å². The second-order valence-corrected chi connectivity index (χ2v) is 5.82. The minimum Gasteiger partial charge on any atom is -0.480 e. The maximum absolute atomic E-state index is 14.5. The molecule has 3 rings (SSSR count). The number of benzene rings is 1. The van der Waals surface area contributed by atoms with Crippen molar-refractivity contribution in [3.8, 4) is 0 Å². The lowest BCUT2D eigenvalue weighted by Gasteiger charge is -2.16. The Labute approximate surface area is 135 Å². The van der Waals surface area contributed by atoms with Gasteiger partial charge >= 0.3 is 11.9 Å². The Morgan fingerprint density at radius 3 is 2.58 bits per heavy atom. The third-order valence-corrected chi connectivity index (χ3v) is 4.10. The summed E-state index contributed by atoms with van der Waals surface area (Å²) in [6.45, 7) is 0.913. The first-order valence-corrected chi connectivity index (χ1v) is 7.38. The van der Waals surface area contributed by atoms with Crippen LogP contribution in [0.5, 0.6) is 0 Å². The van der Waals surface area contributed by atoms with E-state index in [1.165, 1.54) is 19.2 Å². The van der Waals surface area contributed by atoms with Crippen LogP contribution in [0, 0.1) is 12.7 Å². The van der Waals surface area contributed by atoms with Crippen LogP contribution in [-0.2, 0) is 4.79 Å². The van der Waals surface area contributed by atoms with Gasteiger partial charge in [-0.3, -0.25) is 9.59 Å². The molecule has 1 aromatic heterocycles. The van der Waals surface area contributed by atoms with Crippen LogP contribution >= 0.6 is 0 Å². The third kappa shape index (κ3) is 2.60. The van der Waals surface area contributed by atoms with E-state index in [1.54, 1.807) is 4.57 Å². The van der Waals surface area contributed by atoms with Crippen LogP contribution < -0.4 is 10.7 Å². The summed E-state index contributed by atoms with van der Waals surface area (Å²) in [5.41, 5.74) is -0.764. The van der Waals surface area contributed by atoms with Crippen molar-refractivity contribution in [1.82, 2.24) is 4.57 Å². The van der Waals surface area contributed by atoms with Crippen molar-refractivity contribution < 1.29 is 24.2 Å². The third-order valence-electron chi connectivity index (χ3n) is 4.10. The molecule has 0 bridgehead atoms. The van der Waals surface area contributed by atoms with E-state index in [4.69, 9.17) is 5.11 Å². The first-order chi connectivity index (χ1) is 11.3. The number of hydrogen-bond donors (Lipinski definition) is 3. The second kappa shape index (κ2) is 5.63. The maximum atomic E-state index is 14.5. The minimum absolute atomic E-state index is 0.00267. The summed E-state index contributed by atoms with van der Waals surface area (Å²) in [4.78, 5) is 34.4. The highest BCUT2D eigenvalue weighted by molar-refractivity contribution is 5.95. The lowest BCUT2D eigenvalue weighted by atomic mass is 10.0. The van der Waals surface area contributed by atoms with Gasteiger partial charge in [-0.1, -0.05) is 0 Å². The summed E-state index contributed by atoms with van der Waals surface area (Å²) in [5, 5.41) is 20.5. The number of fused-ring (bicyclic) bond motifs is 1. The van der Waals surface area contributed by atoms with Crippen molar-refractivity contribution in [1.29, 1.82) is 0 Å². The Kier molecular flexibility index (Phi) is 3.75. The highest BCUT2D eigenvalue weighted by Crippen LogP contribution is 2.38. The van der Waals surface area contributed by atoms with Gasteiger partial charge in [-0.15, -0.1) is 0 Å². The summed E-state index contributed by atoms with van der Waals surface area (Å²) >= 11 is 0. The van der Waals surface area contributed by atoms with Gasteiger partial charge in [0.1, 0.15) is 17.9 Å². The first-order valence-electron chi connectivity index (χ1n) is 7.38. The van der Waals surface area contributed by atoms with Crippen LogP contribution in [0.15, 0.2) is 17.1 Å². The van der Waals surface area contributed by atoms with Crippen molar-refractivity contribution in [2.75, 3.05) is 11.9 Å². The molecule has 0 atom stereocenters. The average molecular weight is 334 g/mol. The molecule has 126 valence electrons. The van der Waals surface area contributed by atoms with Gasteiger partial charge in [-0.05, 0) is 25.8 Å². The Morgan fingerprint density at radius 2 is 2.04 bits per heavy atom. The van der Waals surface area contributed by atoms with Crippen LogP contribution in [0.1, 0.15) is 34.8 Å². The molecule has 1 fully saturated rings. The van der Waals surface area contributed by atoms with E-state index in [-0.39, 0.29) is 22.7 Å². The zero-order chi connectivity index (χ0) is 17.6. The first kappa shape index (κ1) is 16.0. The Balaban J connectivity index is 2.31. The predicted octanol–water partition coefficient (Wildman–Crippen LogP) is 1.98. The van der Waals surface area contributed by atoms with Gasteiger partial charge in [-0.25, -0.2) is 9.18 Å². The number of nitrogens with zero attached hydrogens (tertiary/aromatic N) is 1. The van der Waals surface area contributed by atoms with Gasteiger partial charge in [-0.2, -0.15) is 0 Å². The number of nitrogens with one attached hydrogen (secondary N) is 1. The van der Waals surface area contributed by atoms with E-state index in [2.05, 4.69) is 5.32 Å². The van der Waals surface area contributed by atoms with Crippen LogP contribution in [-0.4, -0.2) is 33.3 Å². The van der Waals surface area contributed by atoms with Gasteiger partial charge in [0.05, 0.1) is 16.6 Å². The van der Waals surface area contributed by atoms with Crippen LogP contribution in [0.2, 0.25) is 0 Å². The van der Waals surface area contributed by atoms with Crippen LogP contribution in [0.4, 0.5) is 10.1 Å². The van der Waals surface area contributed by atoms with E-state index in [0.29, 0.717) is 5.52 Å². The van der Waals surface area contributed by atoms with Gasteiger partial charge in [0.15, 0.2) is 0 Å². The van der Waals surface area contributed by atoms with Crippen molar-refractivity contribution in [2.45, 2.75) is 25.8 Å². The number of carbonyl (C=O) groups is 2. The molecular formula is C16H15FN2O5. The molecule has 0 saturated heterocycles. The maximum Gasteiger partial charge on any atom is 0.341 e. The number of carboxylic acid groups (broad SMARTS) is 2. The number of rotatable bonds is 5. The van der Waals surface area contributed by atoms with Gasteiger partial charge < -0.3 is 20.1 Å². The summed E-state index contributed by atoms with van der Waals surface area (Å²) in [6, 6.07) is 1.43. The van der Waals surface area contributed by atoms with E-state index >= 15 is 0 Å². The molecule has 0 spiro atoms. The molecule has 0 radical (unpaired) electrons. The molecule has 1 heterocycles. The molecule has 7 nitrogen and oxygen atoms in total. The van der Waals surface area contributed by atoms with E-state index < -0.39 is 35.3 Å². The zero-order valence-corrected chi connectivity index (χ0v) is 12.8.